The molecule has 2 aromatic rings. The van der Waals surface area contributed by atoms with Crippen LogP contribution in [0.15, 0.2) is 36.7 Å². The van der Waals surface area contributed by atoms with Gasteiger partial charge in [0, 0.05) is 24.5 Å². The van der Waals surface area contributed by atoms with Gasteiger partial charge < -0.3 is 20.1 Å². The molecule has 0 radical (unpaired) electrons. The molecule has 0 fully saturated rings. The van der Waals surface area contributed by atoms with Gasteiger partial charge >= 0.3 is 0 Å². The predicted octanol–water partition coefficient (Wildman–Crippen LogP) is 2.95. The van der Waals surface area contributed by atoms with Gasteiger partial charge in [0.15, 0.2) is 11.5 Å². The molecule has 126 valence electrons. The fourth-order valence-corrected chi connectivity index (χ4v) is 2.33. The average Bonchev–Trinajstić information content (AvgIpc) is 2.99. The lowest BCUT2D eigenvalue weighted by Gasteiger charge is -2.20. The lowest BCUT2D eigenvalue weighted by Crippen LogP contribution is -2.40. The number of pyridine rings is 1. The van der Waals surface area contributed by atoms with E-state index < -0.39 is 0 Å². The van der Waals surface area contributed by atoms with E-state index in [0.717, 1.165) is 22.7 Å². The second-order valence-corrected chi connectivity index (χ2v) is 6.71. The first-order chi connectivity index (χ1) is 11.4. The van der Waals surface area contributed by atoms with Gasteiger partial charge in [0.1, 0.15) is 0 Å². The van der Waals surface area contributed by atoms with Gasteiger partial charge in [-0.25, -0.2) is 0 Å². The lowest BCUT2D eigenvalue weighted by molar-refractivity contribution is 0.0919. The molecule has 0 bridgehead atoms. The number of nitrogens with one attached hydrogen (secondary N) is 2. The molecule has 0 saturated heterocycles. The molecule has 1 aromatic carbocycles. The quantitative estimate of drug-likeness (QED) is 0.903. The van der Waals surface area contributed by atoms with E-state index in [1.54, 1.807) is 18.5 Å². The molecule has 0 atom stereocenters. The third-order valence-corrected chi connectivity index (χ3v) is 3.42. The summed E-state index contributed by atoms with van der Waals surface area (Å²) in [6.07, 6.45) is 3.26. The highest BCUT2D eigenvalue weighted by Gasteiger charge is 2.16. The number of hydrogen-bond donors (Lipinski definition) is 2. The van der Waals surface area contributed by atoms with Crippen LogP contribution in [0.4, 0.5) is 5.69 Å². The van der Waals surface area contributed by atoms with E-state index in [1.165, 1.54) is 0 Å². The second-order valence-electron chi connectivity index (χ2n) is 6.71. The van der Waals surface area contributed by atoms with Gasteiger partial charge in [0.25, 0.3) is 5.91 Å². The van der Waals surface area contributed by atoms with E-state index in [1.807, 2.05) is 39.0 Å². The molecule has 1 aliphatic rings. The van der Waals surface area contributed by atoms with Crippen LogP contribution in [0.2, 0.25) is 0 Å². The number of amides is 1. The Morgan fingerprint density at radius 1 is 1.17 bits per heavy atom. The molecule has 0 saturated carbocycles. The molecule has 1 aliphatic heterocycles. The smallest absolute Gasteiger partial charge is 0.253 e. The Hall–Kier alpha value is -2.76. The van der Waals surface area contributed by atoms with Gasteiger partial charge in [-0.3, -0.25) is 9.78 Å². The number of carbonyl (C=O) groups is 1. The minimum Gasteiger partial charge on any atom is -0.454 e. The second kappa shape index (κ2) is 6.39. The minimum atomic E-state index is -0.285. The van der Waals surface area contributed by atoms with Crippen LogP contribution in [0, 0.1) is 0 Å². The van der Waals surface area contributed by atoms with Gasteiger partial charge in [0.05, 0.1) is 11.3 Å². The number of fused-ring (bicyclic) bond motifs is 1. The third-order valence-electron chi connectivity index (χ3n) is 3.42. The first-order valence-corrected chi connectivity index (χ1v) is 7.81. The van der Waals surface area contributed by atoms with Gasteiger partial charge in [-0.05, 0) is 44.5 Å². The van der Waals surface area contributed by atoms with E-state index >= 15 is 0 Å². The van der Waals surface area contributed by atoms with Gasteiger partial charge in [-0.15, -0.1) is 0 Å². The highest BCUT2D eigenvalue weighted by atomic mass is 16.7. The predicted molar refractivity (Wildman–Crippen MR) is 91.3 cm³/mol. The van der Waals surface area contributed by atoms with Crippen LogP contribution in [0.5, 0.6) is 11.5 Å². The Kier molecular flexibility index (Phi) is 4.29. The SMILES string of the molecule is CC(C)(C)NC(=O)c1cncc(NCc2ccc3c(c2)OCO3)c1. The molecule has 1 aromatic heterocycles. The van der Waals surface area contributed by atoms with Gasteiger partial charge in [-0.1, -0.05) is 6.07 Å². The molecule has 0 spiro atoms. The topological polar surface area (TPSA) is 72.5 Å². The number of ether oxygens (including phenoxy) is 2. The molecule has 0 aliphatic carbocycles. The lowest BCUT2D eigenvalue weighted by atomic mass is 10.1. The monoisotopic (exact) mass is 327 g/mol. The molecule has 6 nitrogen and oxygen atoms in total. The number of nitrogens with zero attached hydrogens (tertiary/aromatic N) is 1. The number of aromatic nitrogens is 1. The number of carbonyl (C=O) groups excluding carboxylic acids is 1. The largest absolute Gasteiger partial charge is 0.454 e. The van der Waals surface area contributed by atoms with Gasteiger partial charge in [-0.2, -0.15) is 0 Å². The molecule has 3 rings (SSSR count). The van der Waals surface area contributed by atoms with Crippen molar-refractivity contribution in [3.63, 3.8) is 0 Å². The van der Waals surface area contributed by atoms with E-state index in [4.69, 9.17) is 9.47 Å². The van der Waals surface area contributed by atoms with Crippen LogP contribution in [0.3, 0.4) is 0 Å². The number of benzene rings is 1. The standard InChI is InChI=1S/C18H21N3O3/c1-18(2,3)21-17(22)13-7-14(10-19-9-13)20-8-12-4-5-15-16(6-12)24-11-23-15/h4-7,9-10,20H,8,11H2,1-3H3,(H,21,22). The summed E-state index contributed by atoms with van der Waals surface area (Å²) in [5, 5.41) is 6.20. The van der Waals surface area contributed by atoms with Crippen LogP contribution >= 0.6 is 0 Å². The summed E-state index contributed by atoms with van der Waals surface area (Å²) < 4.78 is 10.7. The summed E-state index contributed by atoms with van der Waals surface area (Å²) in [5.41, 5.74) is 2.09. The Morgan fingerprint density at radius 3 is 2.75 bits per heavy atom. The number of hydrogen-bond acceptors (Lipinski definition) is 5. The van der Waals surface area contributed by atoms with Crippen molar-refractivity contribution in [3.05, 3.63) is 47.8 Å². The Labute approximate surface area is 141 Å². The van der Waals surface area contributed by atoms with E-state index in [-0.39, 0.29) is 18.2 Å². The highest BCUT2D eigenvalue weighted by Crippen LogP contribution is 2.32. The molecular weight excluding hydrogens is 306 g/mol. The summed E-state index contributed by atoms with van der Waals surface area (Å²) in [6, 6.07) is 7.61. The maximum absolute atomic E-state index is 12.2. The number of rotatable bonds is 4. The number of anilines is 1. The van der Waals surface area contributed by atoms with Crippen molar-refractivity contribution in [2.75, 3.05) is 12.1 Å². The van der Waals surface area contributed by atoms with Crippen molar-refractivity contribution in [3.8, 4) is 11.5 Å². The first kappa shape index (κ1) is 16.1. The van der Waals surface area contributed by atoms with Crippen LogP contribution < -0.4 is 20.1 Å². The van der Waals surface area contributed by atoms with Crippen molar-refractivity contribution in [2.24, 2.45) is 0 Å². The van der Waals surface area contributed by atoms with Crippen LogP contribution in [0.25, 0.3) is 0 Å². The molecular formula is C18H21N3O3. The fourth-order valence-electron chi connectivity index (χ4n) is 2.33. The van der Waals surface area contributed by atoms with E-state index in [9.17, 15) is 4.79 Å². The Bertz CT molecular complexity index is 753. The molecule has 24 heavy (non-hydrogen) atoms. The molecule has 0 unspecified atom stereocenters. The Morgan fingerprint density at radius 2 is 1.96 bits per heavy atom. The summed E-state index contributed by atoms with van der Waals surface area (Å²) in [5.74, 6) is 1.38. The maximum atomic E-state index is 12.2. The normalized spacial score (nSPS) is 12.8. The molecule has 1 amide bonds. The molecule has 6 heteroatoms. The minimum absolute atomic E-state index is 0.137. The zero-order chi connectivity index (χ0) is 17.2. The van der Waals surface area contributed by atoms with Crippen molar-refractivity contribution < 1.29 is 14.3 Å². The van der Waals surface area contributed by atoms with Crippen LogP contribution in [0.1, 0.15) is 36.7 Å². The Balaban J connectivity index is 1.65. The third kappa shape index (κ3) is 3.95. The summed E-state index contributed by atoms with van der Waals surface area (Å²) in [4.78, 5) is 16.3. The van der Waals surface area contributed by atoms with Crippen molar-refractivity contribution in [2.45, 2.75) is 32.9 Å². The zero-order valence-corrected chi connectivity index (χ0v) is 14.1. The van der Waals surface area contributed by atoms with Crippen molar-refractivity contribution in [1.82, 2.24) is 10.3 Å². The van der Waals surface area contributed by atoms with Crippen LogP contribution in [-0.2, 0) is 6.54 Å². The zero-order valence-electron chi connectivity index (χ0n) is 14.1. The summed E-state index contributed by atoms with van der Waals surface area (Å²) in [6.45, 7) is 6.70. The van der Waals surface area contributed by atoms with Crippen molar-refractivity contribution in [1.29, 1.82) is 0 Å². The first-order valence-electron chi connectivity index (χ1n) is 7.81. The average molecular weight is 327 g/mol. The van der Waals surface area contributed by atoms with Gasteiger partial charge in [0.2, 0.25) is 6.79 Å². The molecule has 2 N–H and O–H groups in total. The maximum Gasteiger partial charge on any atom is 0.253 e. The summed E-state index contributed by atoms with van der Waals surface area (Å²) in [7, 11) is 0. The molecule has 2 heterocycles. The van der Waals surface area contributed by atoms with Crippen LogP contribution in [-0.4, -0.2) is 23.2 Å². The van der Waals surface area contributed by atoms with E-state index in [2.05, 4.69) is 15.6 Å². The highest BCUT2D eigenvalue weighted by molar-refractivity contribution is 5.95. The van der Waals surface area contributed by atoms with E-state index in [0.29, 0.717) is 12.1 Å². The van der Waals surface area contributed by atoms with Crippen molar-refractivity contribution >= 4 is 11.6 Å². The summed E-state index contributed by atoms with van der Waals surface area (Å²) >= 11 is 0. The fraction of sp³-hybridized carbons (Fsp3) is 0.333.